The number of hydrogen-bond acceptors (Lipinski definition) is 4. The summed E-state index contributed by atoms with van der Waals surface area (Å²) in [5, 5.41) is 6.65. The maximum absolute atomic E-state index is 3.90. The molecule has 0 saturated carbocycles. The Morgan fingerprint density at radius 3 is 2.03 bits per heavy atom. The second kappa shape index (κ2) is 15.8. The number of thioether (sulfide) groups is 2. The molecular weight excluding hydrogens is 440 g/mol. The maximum atomic E-state index is 3.90. The first-order chi connectivity index (χ1) is 16.3. The molecule has 184 valence electrons. The van der Waals surface area contributed by atoms with Crippen molar-refractivity contribution < 1.29 is 0 Å². The summed E-state index contributed by atoms with van der Waals surface area (Å²) >= 11 is 4.25. The minimum atomic E-state index is 0.382. The summed E-state index contributed by atoms with van der Waals surface area (Å²) in [6, 6.07) is 13.5. The molecule has 0 radical (unpaired) electrons. The van der Waals surface area contributed by atoms with Gasteiger partial charge in [-0.1, -0.05) is 102 Å². The highest BCUT2D eigenvalue weighted by Gasteiger charge is 2.26. The van der Waals surface area contributed by atoms with Crippen LogP contribution in [0.3, 0.4) is 0 Å². The van der Waals surface area contributed by atoms with Crippen LogP contribution in [-0.2, 0) is 0 Å². The van der Waals surface area contributed by atoms with Crippen LogP contribution < -0.4 is 10.2 Å². The fraction of sp³-hybridized carbons (Fsp3) is 0.655. The molecular formula is C29H46N2S2. The van der Waals surface area contributed by atoms with Crippen LogP contribution in [0.25, 0.3) is 10.8 Å². The van der Waals surface area contributed by atoms with Gasteiger partial charge >= 0.3 is 0 Å². The van der Waals surface area contributed by atoms with Crippen LogP contribution in [0.1, 0.15) is 90.9 Å². The molecule has 2 aromatic carbocycles. The number of nitrogens with zero attached hydrogens (tertiary/aromatic N) is 1. The van der Waals surface area contributed by atoms with Gasteiger partial charge in [-0.2, -0.15) is 11.8 Å². The van der Waals surface area contributed by atoms with E-state index < -0.39 is 0 Å². The quantitative estimate of drug-likeness (QED) is 0.211. The zero-order valence-electron chi connectivity index (χ0n) is 21.1. The van der Waals surface area contributed by atoms with Crippen LogP contribution in [0.15, 0.2) is 36.4 Å². The van der Waals surface area contributed by atoms with E-state index in [0.29, 0.717) is 6.17 Å². The summed E-state index contributed by atoms with van der Waals surface area (Å²) in [6.07, 6.45) is 17.0. The average Bonchev–Trinajstić information content (AvgIpc) is 2.84. The smallest absolute Gasteiger partial charge is 0.109 e. The van der Waals surface area contributed by atoms with Crippen LogP contribution in [0, 0.1) is 0 Å². The lowest BCUT2D eigenvalue weighted by molar-refractivity contribution is 0.626. The molecule has 0 saturated heterocycles. The van der Waals surface area contributed by atoms with E-state index in [-0.39, 0.29) is 0 Å². The molecule has 1 unspecified atom stereocenters. The molecule has 0 aromatic heterocycles. The van der Waals surface area contributed by atoms with Crippen LogP contribution >= 0.6 is 23.5 Å². The van der Waals surface area contributed by atoms with Crippen molar-refractivity contribution in [2.75, 3.05) is 33.4 Å². The van der Waals surface area contributed by atoms with Crippen molar-refractivity contribution in [1.29, 1.82) is 0 Å². The van der Waals surface area contributed by atoms with Crippen LogP contribution in [0.4, 0.5) is 11.4 Å². The summed E-state index contributed by atoms with van der Waals surface area (Å²) in [5.74, 6) is 4.79. The third-order valence-electron chi connectivity index (χ3n) is 6.68. The molecule has 0 spiro atoms. The number of nitrogens with one attached hydrogen (secondary N) is 1. The first-order valence-electron chi connectivity index (χ1n) is 13.6. The Hall–Kier alpha value is -1.000. The van der Waals surface area contributed by atoms with Crippen molar-refractivity contribution in [3.63, 3.8) is 0 Å². The molecule has 1 N–H and O–H groups in total. The van der Waals surface area contributed by atoms with E-state index in [1.54, 1.807) is 0 Å². The Morgan fingerprint density at radius 2 is 1.33 bits per heavy atom. The maximum Gasteiger partial charge on any atom is 0.109 e. The number of anilines is 2. The Balaban J connectivity index is 1.52. The van der Waals surface area contributed by atoms with Gasteiger partial charge in [0.2, 0.25) is 0 Å². The van der Waals surface area contributed by atoms with Gasteiger partial charge in [-0.15, -0.1) is 11.8 Å². The van der Waals surface area contributed by atoms with E-state index in [2.05, 4.69) is 84.0 Å². The summed E-state index contributed by atoms with van der Waals surface area (Å²) < 4.78 is 0. The van der Waals surface area contributed by atoms with Crippen molar-refractivity contribution in [2.45, 2.75) is 97.1 Å². The number of hydrogen-bond donors (Lipinski definition) is 1. The van der Waals surface area contributed by atoms with Crippen molar-refractivity contribution in [1.82, 2.24) is 0 Å². The third-order valence-corrected chi connectivity index (χ3v) is 8.85. The minimum Gasteiger partial charge on any atom is -0.364 e. The molecule has 0 bridgehead atoms. The van der Waals surface area contributed by atoms with Gasteiger partial charge in [-0.25, -0.2) is 0 Å². The van der Waals surface area contributed by atoms with Gasteiger partial charge in [0.05, 0.1) is 5.88 Å². The van der Waals surface area contributed by atoms with Crippen molar-refractivity contribution >= 4 is 45.7 Å². The normalized spacial score (nSPS) is 15.2. The summed E-state index contributed by atoms with van der Waals surface area (Å²) in [4.78, 5) is 2.64. The van der Waals surface area contributed by atoms with Gasteiger partial charge in [0.1, 0.15) is 6.17 Å². The lowest BCUT2D eigenvalue weighted by Gasteiger charge is -2.39. The number of unbranched alkanes of at least 4 members (excludes halogenated alkanes) is 10. The van der Waals surface area contributed by atoms with Crippen molar-refractivity contribution in [3.8, 4) is 0 Å². The number of benzene rings is 2. The second-order valence-electron chi connectivity index (χ2n) is 9.46. The van der Waals surface area contributed by atoms with E-state index in [1.165, 1.54) is 111 Å². The van der Waals surface area contributed by atoms with Crippen molar-refractivity contribution in [2.24, 2.45) is 0 Å². The SMILES string of the molecule is CCCCCCCCSCC1Nc2cccc3cccc(c23)N1CSCCCCCCCC. The molecule has 1 aliphatic heterocycles. The highest BCUT2D eigenvalue weighted by atomic mass is 32.2. The standard InChI is InChI=1S/C29H46N2S2/c1-3-5-7-9-11-13-21-32-23-28-30-26-19-15-17-25-18-16-20-27(29(25)26)31(28)24-33-22-14-12-10-8-6-4-2/h15-20,28,30H,3-14,21-24H2,1-2H3. The fourth-order valence-electron chi connectivity index (χ4n) is 4.72. The number of rotatable bonds is 18. The first kappa shape index (κ1) is 26.6. The Labute approximate surface area is 212 Å². The Morgan fingerprint density at radius 1 is 0.727 bits per heavy atom. The molecule has 0 aliphatic carbocycles. The summed E-state index contributed by atoms with van der Waals surface area (Å²) in [6.45, 7) is 4.59. The zero-order chi connectivity index (χ0) is 23.1. The van der Waals surface area contributed by atoms with Gasteiger partial charge < -0.3 is 10.2 Å². The van der Waals surface area contributed by atoms with E-state index in [1.807, 2.05) is 0 Å². The van der Waals surface area contributed by atoms with Crippen LogP contribution in [0.5, 0.6) is 0 Å². The second-order valence-corrected chi connectivity index (χ2v) is 11.7. The molecule has 4 heteroatoms. The molecule has 0 fully saturated rings. The molecule has 1 atom stereocenters. The third kappa shape index (κ3) is 8.62. The van der Waals surface area contributed by atoms with Crippen LogP contribution in [-0.4, -0.2) is 29.3 Å². The molecule has 33 heavy (non-hydrogen) atoms. The first-order valence-corrected chi connectivity index (χ1v) is 15.9. The van der Waals surface area contributed by atoms with Gasteiger partial charge in [-0.05, 0) is 41.9 Å². The van der Waals surface area contributed by atoms with Crippen molar-refractivity contribution in [3.05, 3.63) is 36.4 Å². The van der Waals surface area contributed by atoms with Gasteiger partial charge in [0, 0.05) is 22.5 Å². The zero-order valence-corrected chi connectivity index (χ0v) is 22.8. The van der Waals surface area contributed by atoms with Gasteiger partial charge in [0.15, 0.2) is 0 Å². The van der Waals surface area contributed by atoms with E-state index >= 15 is 0 Å². The van der Waals surface area contributed by atoms with Crippen LogP contribution in [0.2, 0.25) is 0 Å². The molecule has 2 aromatic rings. The highest BCUT2D eigenvalue weighted by molar-refractivity contribution is 7.99. The van der Waals surface area contributed by atoms with E-state index in [4.69, 9.17) is 0 Å². The minimum absolute atomic E-state index is 0.382. The van der Waals surface area contributed by atoms with E-state index in [9.17, 15) is 0 Å². The molecule has 3 rings (SSSR count). The topological polar surface area (TPSA) is 15.3 Å². The Kier molecular flexibility index (Phi) is 12.7. The predicted molar refractivity (Wildman–Crippen MR) is 155 cm³/mol. The predicted octanol–water partition coefficient (Wildman–Crippen LogP) is 9.54. The van der Waals surface area contributed by atoms with Gasteiger partial charge in [-0.3, -0.25) is 0 Å². The Bertz CT molecular complexity index is 789. The van der Waals surface area contributed by atoms with Gasteiger partial charge in [0.25, 0.3) is 0 Å². The summed E-state index contributed by atoms with van der Waals surface area (Å²) in [7, 11) is 0. The molecule has 1 heterocycles. The fourth-order valence-corrected chi connectivity index (χ4v) is 6.84. The lowest BCUT2D eigenvalue weighted by Crippen LogP contribution is -2.45. The lowest BCUT2D eigenvalue weighted by atomic mass is 10.0. The largest absolute Gasteiger partial charge is 0.364 e. The highest BCUT2D eigenvalue weighted by Crippen LogP contribution is 2.39. The molecule has 0 amide bonds. The molecule has 2 nitrogen and oxygen atoms in total. The summed E-state index contributed by atoms with van der Waals surface area (Å²) in [5.41, 5.74) is 2.73. The average molecular weight is 487 g/mol. The monoisotopic (exact) mass is 486 g/mol. The van der Waals surface area contributed by atoms with E-state index in [0.717, 1.165) is 11.6 Å². The molecule has 1 aliphatic rings.